The third-order valence-corrected chi connectivity index (χ3v) is 22.6. The van der Waals surface area contributed by atoms with Gasteiger partial charge in [0.1, 0.15) is 34.2 Å². The summed E-state index contributed by atoms with van der Waals surface area (Å²) in [6, 6.07) is 31.2. The second-order valence-electron chi connectivity index (χ2n) is 21.6. The molecule has 1 unspecified atom stereocenters. The molecule has 0 spiro atoms. The molecule has 61 heavy (non-hydrogen) atoms. The van der Waals surface area contributed by atoms with Crippen molar-refractivity contribution >= 4 is 26.5 Å². The summed E-state index contributed by atoms with van der Waals surface area (Å²) in [5, 5.41) is 26.1. The Morgan fingerprint density at radius 2 is 1.16 bits per heavy atom. The predicted molar refractivity (Wildman–Crippen MR) is 260 cm³/mol. The Bertz CT molecular complexity index is 2300. The van der Waals surface area contributed by atoms with Gasteiger partial charge in [0.25, 0.3) is 0 Å². The average Bonchev–Trinajstić information content (AvgIpc) is 3.19. The van der Waals surface area contributed by atoms with Crippen LogP contribution in [-0.2, 0) is 19.3 Å². The third kappa shape index (κ3) is 8.96. The number of unbranched alkanes of at least 4 members (excludes halogenated alkanes) is 1. The minimum absolute atomic E-state index is 0.141. The summed E-state index contributed by atoms with van der Waals surface area (Å²) in [5.74, 6) is 3.57. The van der Waals surface area contributed by atoms with Crippen molar-refractivity contribution in [3.05, 3.63) is 130 Å². The number of fused-ring (bicyclic) bond motifs is 6. The number of benzene rings is 4. The zero-order chi connectivity index (χ0) is 43.3. The highest BCUT2D eigenvalue weighted by atomic mass is 28.3. The van der Waals surface area contributed by atoms with Crippen molar-refractivity contribution < 1.29 is 19.7 Å². The van der Waals surface area contributed by atoms with Gasteiger partial charge < -0.3 is 19.7 Å². The zero-order valence-electron chi connectivity index (χ0n) is 38.7. The Labute approximate surface area is 369 Å². The van der Waals surface area contributed by atoms with Crippen LogP contribution in [0.4, 0.5) is 0 Å². The van der Waals surface area contributed by atoms with E-state index in [-0.39, 0.29) is 23.4 Å². The molecule has 4 nitrogen and oxygen atoms in total. The minimum Gasteiger partial charge on any atom is -0.507 e. The van der Waals surface area contributed by atoms with E-state index in [0.29, 0.717) is 17.4 Å². The maximum Gasteiger partial charge on any atom is 0.127 e. The summed E-state index contributed by atoms with van der Waals surface area (Å²) in [6.07, 6.45) is 15.2. The van der Waals surface area contributed by atoms with E-state index in [9.17, 15) is 10.2 Å². The molecule has 0 fully saturated rings. The van der Waals surface area contributed by atoms with Gasteiger partial charge in [0.05, 0.1) is 16.1 Å². The van der Waals surface area contributed by atoms with E-state index in [1.165, 1.54) is 45.1 Å². The van der Waals surface area contributed by atoms with Gasteiger partial charge in [-0.05, 0) is 121 Å². The first-order chi connectivity index (χ1) is 28.9. The number of phenols is 2. The number of allylic oxidation sites excluding steroid dienone is 4. The van der Waals surface area contributed by atoms with Crippen molar-refractivity contribution in [2.75, 3.05) is 0 Å². The average molecular weight is 853 g/mol. The number of aromatic hydroxyl groups is 2. The van der Waals surface area contributed by atoms with Gasteiger partial charge in [0.2, 0.25) is 0 Å². The summed E-state index contributed by atoms with van der Waals surface area (Å²) >= 11 is 0. The fourth-order valence-electron chi connectivity index (χ4n) is 12.0. The van der Waals surface area contributed by atoms with E-state index in [1.807, 2.05) is 12.1 Å². The molecular formula is C55H72O4Si2. The number of phenolic OH excluding ortho intramolecular Hbond substituents is 2. The highest BCUT2D eigenvalue weighted by Gasteiger charge is 2.49. The van der Waals surface area contributed by atoms with Crippen molar-refractivity contribution in [1.82, 2.24) is 0 Å². The van der Waals surface area contributed by atoms with Crippen LogP contribution >= 0.6 is 0 Å². The molecule has 5 atom stereocenters. The molecule has 2 heterocycles. The van der Waals surface area contributed by atoms with Crippen LogP contribution in [-0.4, -0.2) is 37.6 Å². The SMILES string of the molecule is CC1=C[C@H]2c3c(O)cc(CCCC[Si](C)(C)c4ccccc4CC4(C)Oc5cc(CCC[Si](C)(C)c6ccccc6)cc(O)c5[C@@H]5C=C(C)CC[C@H]54)cc3OC(C)(C)[C@@H]2CC1. The molecule has 0 amide bonds. The van der Waals surface area contributed by atoms with Gasteiger partial charge in [-0.15, -0.1) is 0 Å². The molecule has 8 rings (SSSR count). The molecule has 0 saturated carbocycles. The van der Waals surface area contributed by atoms with Crippen molar-refractivity contribution in [3.63, 3.8) is 0 Å². The van der Waals surface area contributed by atoms with Crippen LogP contribution in [0.5, 0.6) is 23.0 Å². The van der Waals surface area contributed by atoms with Crippen LogP contribution < -0.4 is 19.8 Å². The largest absolute Gasteiger partial charge is 0.507 e. The second kappa shape index (κ2) is 16.9. The highest BCUT2D eigenvalue weighted by molar-refractivity contribution is 6.90. The van der Waals surface area contributed by atoms with E-state index in [0.717, 1.165) is 86.8 Å². The first-order valence-electron chi connectivity index (χ1n) is 23.5. The summed E-state index contributed by atoms with van der Waals surface area (Å²) in [5.41, 5.74) is 7.90. The lowest BCUT2D eigenvalue weighted by Gasteiger charge is -2.49. The van der Waals surface area contributed by atoms with Crippen molar-refractivity contribution in [2.24, 2.45) is 11.8 Å². The first-order valence-corrected chi connectivity index (χ1v) is 29.9. The topological polar surface area (TPSA) is 58.9 Å². The lowest BCUT2D eigenvalue weighted by Crippen LogP contribution is -2.51. The third-order valence-electron chi connectivity index (χ3n) is 15.5. The van der Waals surface area contributed by atoms with Crippen molar-refractivity contribution in [3.8, 4) is 23.0 Å². The van der Waals surface area contributed by atoms with Crippen LogP contribution in [0.3, 0.4) is 0 Å². The molecule has 2 aliphatic heterocycles. The van der Waals surface area contributed by atoms with E-state index >= 15 is 0 Å². The molecule has 6 heteroatoms. The second-order valence-corrected chi connectivity index (χ2v) is 31.2. The molecule has 324 valence electrons. The van der Waals surface area contributed by atoms with Gasteiger partial charge in [-0.25, -0.2) is 0 Å². The van der Waals surface area contributed by atoms with Crippen molar-refractivity contribution in [1.29, 1.82) is 0 Å². The van der Waals surface area contributed by atoms with Crippen LogP contribution in [0.2, 0.25) is 38.3 Å². The molecular weight excluding hydrogens is 781 g/mol. The summed E-state index contributed by atoms with van der Waals surface area (Å²) in [4.78, 5) is 0. The van der Waals surface area contributed by atoms with Crippen LogP contribution in [0, 0.1) is 11.8 Å². The number of ether oxygens (including phenoxy) is 2. The predicted octanol–water partition coefficient (Wildman–Crippen LogP) is 13.0. The van der Waals surface area contributed by atoms with Crippen LogP contribution in [0.1, 0.15) is 119 Å². The maximum absolute atomic E-state index is 11.7. The lowest BCUT2D eigenvalue weighted by molar-refractivity contribution is -0.00544. The Hall–Kier alpha value is -4.01. The smallest absolute Gasteiger partial charge is 0.127 e. The molecule has 0 saturated heterocycles. The minimum atomic E-state index is -1.84. The van der Waals surface area contributed by atoms with E-state index in [2.05, 4.69) is 140 Å². The highest BCUT2D eigenvalue weighted by Crippen LogP contribution is 2.55. The summed E-state index contributed by atoms with van der Waals surface area (Å²) in [7, 11) is -3.40. The number of hydrogen-bond donors (Lipinski definition) is 2. The Morgan fingerprint density at radius 1 is 0.623 bits per heavy atom. The van der Waals surface area contributed by atoms with Crippen LogP contribution in [0.25, 0.3) is 0 Å². The lowest BCUT2D eigenvalue weighted by atomic mass is 9.65. The molecule has 0 bridgehead atoms. The normalized spacial score (nSPS) is 24.2. The van der Waals surface area contributed by atoms with Gasteiger partial charge in [0.15, 0.2) is 0 Å². The molecule has 4 aromatic carbocycles. The number of aryl methyl sites for hydroxylation is 2. The van der Waals surface area contributed by atoms with Crippen LogP contribution in [0.15, 0.2) is 102 Å². The molecule has 2 N–H and O–H groups in total. The van der Waals surface area contributed by atoms with E-state index in [1.54, 1.807) is 5.19 Å². The standard InChI is InChI=1S/C55H72O4Si2/c1-37-24-26-45-43(30-37)52-47(56)32-39(34-49(52)58-54(45,3)4)18-15-16-28-61(8,9)51-23-14-13-20-41(51)36-55(5)46-27-25-38(2)31-44(46)53-48(57)33-40(35-50(53)59-55)19-17-29-60(6,7)42-21-11-10-12-22-42/h10-14,20-23,30-35,43-46,56-57H,15-19,24-29,36H2,1-9H3/t43-,44-,45-,46-,55?/m1/s1. The molecule has 4 aliphatic rings. The number of rotatable bonds is 13. The van der Waals surface area contributed by atoms with Gasteiger partial charge in [-0.2, -0.15) is 0 Å². The molecule has 2 aliphatic carbocycles. The van der Waals surface area contributed by atoms with Gasteiger partial charge >= 0.3 is 0 Å². The maximum atomic E-state index is 11.7. The molecule has 0 radical (unpaired) electrons. The van der Waals surface area contributed by atoms with Gasteiger partial charge in [-0.1, -0.05) is 139 Å². The van der Waals surface area contributed by atoms with Crippen molar-refractivity contribution in [2.45, 2.75) is 160 Å². The summed E-state index contributed by atoms with van der Waals surface area (Å²) in [6.45, 7) is 21.3. The summed E-state index contributed by atoms with van der Waals surface area (Å²) < 4.78 is 13.9. The van der Waals surface area contributed by atoms with E-state index < -0.39 is 21.7 Å². The quantitative estimate of drug-likeness (QED) is 0.0799. The fourth-order valence-corrected chi connectivity index (χ4v) is 17.4. The Morgan fingerprint density at radius 3 is 1.82 bits per heavy atom. The van der Waals surface area contributed by atoms with Gasteiger partial charge in [0, 0.05) is 41.2 Å². The monoisotopic (exact) mass is 852 g/mol. The van der Waals surface area contributed by atoms with E-state index in [4.69, 9.17) is 9.47 Å². The number of hydrogen-bond acceptors (Lipinski definition) is 4. The Balaban J connectivity index is 0.968. The first kappa shape index (κ1) is 43.6. The fraction of sp³-hybridized carbons (Fsp3) is 0.491. The molecule has 0 aromatic heterocycles. The van der Waals surface area contributed by atoms with Gasteiger partial charge in [-0.3, -0.25) is 0 Å². The Kier molecular flexibility index (Phi) is 12.1. The molecule has 4 aromatic rings. The zero-order valence-corrected chi connectivity index (χ0v) is 40.7.